The molecular formula is C8H12O5S2. The monoisotopic (exact) mass is 252 g/mol. The van der Waals surface area contributed by atoms with Gasteiger partial charge in [0.1, 0.15) is 18.0 Å². The maximum atomic E-state index is 11.5. The highest BCUT2D eigenvalue weighted by Crippen LogP contribution is 2.29. The number of hydrogen-bond donors (Lipinski definition) is 0. The third kappa shape index (κ3) is 3.83. The van der Waals surface area contributed by atoms with Crippen LogP contribution in [0.3, 0.4) is 0 Å². The summed E-state index contributed by atoms with van der Waals surface area (Å²) in [7, 11) is 0.0495. The summed E-state index contributed by atoms with van der Waals surface area (Å²) in [5, 5.41) is -0.414. The molecule has 0 aromatic carbocycles. The Morgan fingerprint density at radius 3 is 2.60 bits per heavy atom. The molecule has 5 nitrogen and oxygen atoms in total. The molecule has 7 heteroatoms. The smallest absolute Gasteiger partial charge is 0.302 e. The van der Waals surface area contributed by atoms with Crippen LogP contribution in [0.1, 0.15) is 13.8 Å². The normalized spacial score (nSPS) is 29.9. The molecule has 1 rings (SSSR count). The molecule has 86 valence electrons. The fraction of sp³-hybridized carbons (Fsp3) is 0.750. The Morgan fingerprint density at radius 1 is 1.40 bits per heavy atom. The molecule has 1 saturated heterocycles. The fourth-order valence-corrected chi connectivity index (χ4v) is 4.45. The van der Waals surface area contributed by atoms with Crippen LogP contribution < -0.4 is 0 Å². The molecule has 1 unspecified atom stereocenters. The van der Waals surface area contributed by atoms with Gasteiger partial charge in [-0.25, -0.2) is 4.21 Å². The molecule has 0 bridgehead atoms. The second-order valence-electron chi connectivity index (χ2n) is 3.03. The van der Waals surface area contributed by atoms with E-state index < -0.39 is 33.1 Å². The Bertz CT molecular complexity index is 291. The summed E-state index contributed by atoms with van der Waals surface area (Å²) < 4.78 is 21.2. The van der Waals surface area contributed by atoms with E-state index in [0.717, 1.165) is 0 Å². The average molecular weight is 252 g/mol. The second-order valence-corrected chi connectivity index (χ2v) is 6.42. The van der Waals surface area contributed by atoms with Gasteiger partial charge in [0.2, 0.25) is 0 Å². The van der Waals surface area contributed by atoms with E-state index in [1.165, 1.54) is 24.6 Å². The van der Waals surface area contributed by atoms with Gasteiger partial charge in [-0.2, -0.15) is 0 Å². The third-order valence-corrected chi connectivity index (χ3v) is 5.26. The summed E-state index contributed by atoms with van der Waals surface area (Å²) in [6, 6.07) is 0. The quantitative estimate of drug-likeness (QED) is 0.530. The van der Waals surface area contributed by atoms with E-state index in [1.54, 1.807) is 0 Å². The van der Waals surface area contributed by atoms with Crippen molar-refractivity contribution in [1.82, 2.24) is 0 Å². The highest BCUT2D eigenvalue weighted by atomic mass is 33.1. The summed E-state index contributed by atoms with van der Waals surface area (Å²) in [5.41, 5.74) is 0. The zero-order chi connectivity index (χ0) is 11.4. The van der Waals surface area contributed by atoms with Crippen LogP contribution >= 0.6 is 10.8 Å². The molecule has 0 amide bonds. The van der Waals surface area contributed by atoms with E-state index in [0.29, 0.717) is 5.75 Å². The Morgan fingerprint density at radius 2 is 2.07 bits per heavy atom. The molecule has 0 aromatic rings. The number of ether oxygens (including phenoxy) is 2. The minimum atomic E-state index is -1.16. The van der Waals surface area contributed by atoms with E-state index in [-0.39, 0.29) is 6.61 Å². The van der Waals surface area contributed by atoms with Crippen molar-refractivity contribution in [3.05, 3.63) is 0 Å². The van der Waals surface area contributed by atoms with E-state index in [4.69, 9.17) is 9.47 Å². The van der Waals surface area contributed by atoms with Crippen molar-refractivity contribution in [1.29, 1.82) is 0 Å². The topological polar surface area (TPSA) is 69.7 Å². The first-order chi connectivity index (χ1) is 7.00. The van der Waals surface area contributed by atoms with Gasteiger partial charge in [-0.15, -0.1) is 0 Å². The molecule has 0 radical (unpaired) electrons. The van der Waals surface area contributed by atoms with Crippen molar-refractivity contribution in [2.75, 3.05) is 12.4 Å². The van der Waals surface area contributed by atoms with Gasteiger partial charge in [0, 0.05) is 19.6 Å². The van der Waals surface area contributed by atoms with Crippen LogP contribution in [0.25, 0.3) is 0 Å². The molecule has 0 spiro atoms. The van der Waals surface area contributed by atoms with Gasteiger partial charge in [-0.05, 0) is 0 Å². The van der Waals surface area contributed by atoms with Crippen molar-refractivity contribution in [3.8, 4) is 0 Å². The minimum Gasteiger partial charge on any atom is -0.464 e. The van der Waals surface area contributed by atoms with Crippen LogP contribution in [-0.4, -0.2) is 39.9 Å². The van der Waals surface area contributed by atoms with E-state index >= 15 is 0 Å². The van der Waals surface area contributed by atoms with Crippen molar-refractivity contribution in [3.63, 3.8) is 0 Å². The number of esters is 2. The predicted octanol–water partition coefficient (Wildman–Crippen LogP) is 0.260. The minimum absolute atomic E-state index is 0.0346. The molecule has 0 saturated carbocycles. The summed E-state index contributed by atoms with van der Waals surface area (Å²) >= 11 is 0. The van der Waals surface area contributed by atoms with E-state index in [2.05, 4.69) is 0 Å². The van der Waals surface area contributed by atoms with Crippen molar-refractivity contribution < 1.29 is 23.3 Å². The Hall–Kier alpha value is -0.560. The molecule has 0 aromatic heterocycles. The van der Waals surface area contributed by atoms with Gasteiger partial charge < -0.3 is 9.47 Å². The van der Waals surface area contributed by atoms with Gasteiger partial charge in [0.15, 0.2) is 0 Å². The Labute approximate surface area is 93.7 Å². The summed E-state index contributed by atoms with van der Waals surface area (Å²) in [6.07, 6.45) is -0.423. The highest BCUT2D eigenvalue weighted by molar-refractivity contribution is 8.69. The van der Waals surface area contributed by atoms with Crippen molar-refractivity contribution >= 4 is 32.6 Å². The second kappa shape index (κ2) is 5.50. The molecule has 0 N–H and O–H groups in total. The highest BCUT2D eigenvalue weighted by Gasteiger charge is 2.37. The van der Waals surface area contributed by atoms with Crippen LogP contribution in [0.2, 0.25) is 0 Å². The molecular weight excluding hydrogens is 240 g/mol. The van der Waals surface area contributed by atoms with Gasteiger partial charge in [-0.3, -0.25) is 9.59 Å². The first-order valence-electron chi connectivity index (χ1n) is 4.35. The number of carbonyl (C=O) groups is 2. The third-order valence-electron chi connectivity index (χ3n) is 1.78. The van der Waals surface area contributed by atoms with Crippen LogP contribution in [0.4, 0.5) is 0 Å². The summed E-state index contributed by atoms with van der Waals surface area (Å²) in [4.78, 5) is 21.4. The zero-order valence-corrected chi connectivity index (χ0v) is 10.1. The number of rotatable bonds is 3. The maximum Gasteiger partial charge on any atom is 0.302 e. The SMILES string of the molecule is CC(=O)OC[C@@H]1[C@H](OC(C)=O)CSS1=O. The van der Waals surface area contributed by atoms with Gasteiger partial charge in [-0.1, -0.05) is 10.8 Å². The van der Waals surface area contributed by atoms with E-state index in [9.17, 15) is 13.8 Å². The molecule has 1 aliphatic heterocycles. The lowest BCUT2D eigenvalue weighted by atomic mass is 10.3. The van der Waals surface area contributed by atoms with E-state index in [1.807, 2.05) is 0 Å². The first-order valence-corrected chi connectivity index (χ1v) is 7.06. The van der Waals surface area contributed by atoms with Gasteiger partial charge in [0.05, 0.1) is 9.83 Å². The van der Waals surface area contributed by atoms with Crippen molar-refractivity contribution in [2.24, 2.45) is 0 Å². The predicted molar refractivity (Wildman–Crippen MR) is 56.6 cm³/mol. The Kier molecular flexibility index (Phi) is 4.59. The summed E-state index contributed by atoms with van der Waals surface area (Å²) in [6.45, 7) is 2.62. The largest absolute Gasteiger partial charge is 0.464 e. The average Bonchev–Trinajstić information content (AvgIpc) is 2.43. The zero-order valence-electron chi connectivity index (χ0n) is 8.43. The van der Waals surface area contributed by atoms with Gasteiger partial charge in [0.25, 0.3) is 0 Å². The van der Waals surface area contributed by atoms with Gasteiger partial charge >= 0.3 is 11.9 Å². The standard InChI is InChI=1S/C8H12O5S2/c1-5(9)12-3-8-7(13-6(2)10)4-14-15(8)11/h7-8H,3-4H2,1-2H3/t7-,8-,15?/m1/s1. The maximum absolute atomic E-state index is 11.5. The van der Waals surface area contributed by atoms with Crippen LogP contribution in [0, 0.1) is 0 Å². The molecule has 0 aliphatic carbocycles. The molecule has 1 fully saturated rings. The molecule has 3 atom stereocenters. The summed E-state index contributed by atoms with van der Waals surface area (Å²) in [5.74, 6) is -0.351. The molecule has 1 heterocycles. The van der Waals surface area contributed by atoms with Crippen LogP contribution in [-0.2, 0) is 28.9 Å². The first kappa shape index (κ1) is 12.5. The lowest BCUT2D eigenvalue weighted by Gasteiger charge is -2.16. The number of hydrogen-bond acceptors (Lipinski definition) is 6. The molecule has 15 heavy (non-hydrogen) atoms. The lowest BCUT2D eigenvalue weighted by Crippen LogP contribution is -2.33. The molecule has 1 aliphatic rings. The fourth-order valence-electron chi connectivity index (χ4n) is 1.14. The number of carbonyl (C=O) groups excluding carboxylic acids is 2. The van der Waals surface area contributed by atoms with Crippen LogP contribution in [0.5, 0.6) is 0 Å². The lowest BCUT2D eigenvalue weighted by molar-refractivity contribution is -0.146. The Balaban J connectivity index is 2.52. The van der Waals surface area contributed by atoms with Crippen LogP contribution in [0.15, 0.2) is 0 Å². The van der Waals surface area contributed by atoms with Crippen molar-refractivity contribution in [2.45, 2.75) is 25.2 Å².